The topological polar surface area (TPSA) is 43.6 Å². The van der Waals surface area contributed by atoms with Crippen LogP contribution in [0.5, 0.6) is 0 Å². The first-order chi connectivity index (χ1) is 9.28. The third kappa shape index (κ3) is 2.48. The number of alkyl halides is 1. The van der Waals surface area contributed by atoms with Gasteiger partial charge in [0, 0.05) is 29.6 Å². The minimum absolute atomic E-state index is 0.561. The van der Waals surface area contributed by atoms with E-state index >= 15 is 0 Å². The maximum absolute atomic E-state index is 5.87. The lowest BCUT2D eigenvalue weighted by Gasteiger charge is -2.05. The van der Waals surface area contributed by atoms with Crippen LogP contribution in [-0.4, -0.2) is 25.4 Å². The maximum atomic E-state index is 5.87. The molecule has 19 heavy (non-hydrogen) atoms. The van der Waals surface area contributed by atoms with E-state index in [9.17, 15) is 0 Å². The molecule has 0 saturated carbocycles. The van der Waals surface area contributed by atoms with Gasteiger partial charge in [0.15, 0.2) is 5.65 Å². The van der Waals surface area contributed by atoms with E-state index < -0.39 is 0 Å². The van der Waals surface area contributed by atoms with E-state index in [-0.39, 0.29) is 0 Å². The number of aryl methyl sites for hydroxylation is 2. The zero-order valence-electron chi connectivity index (χ0n) is 10.5. The fourth-order valence-electron chi connectivity index (χ4n) is 2.08. The van der Waals surface area contributed by atoms with Crippen molar-refractivity contribution in [3.8, 4) is 0 Å². The van der Waals surface area contributed by atoms with Gasteiger partial charge in [-0.2, -0.15) is 0 Å². The van der Waals surface area contributed by atoms with Gasteiger partial charge in [-0.05, 0) is 18.6 Å². The summed E-state index contributed by atoms with van der Waals surface area (Å²) >= 11 is 7.50. The summed E-state index contributed by atoms with van der Waals surface area (Å²) in [7, 11) is 0. The predicted molar refractivity (Wildman–Crippen MR) is 77.9 cm³/mol. The molecule has 0 aromatic carbocycles. The second-order valence-electron chi connectivity index (χ2n) is 4.38. The molecular formula is C13H13ClN4S. The molecule has 0 aliphatic heterocycles. The molecule has 3 aromatic heterocycles. The monoisotopic (exact) mass is 292 g/mol. The average molecular weight is 293 g/mol. The van der Waals surface area contributed by atoms with Crippen LogP contribution in [0.1, 0.15) is 16.3 Å². The van der Waals surface area contributed by atoms with Crippen molar-refractivity contribution in [2.45, 2.75) is 19.9 Å². The fourth-order valence-corrected chi connectivity index (χ4v) is 2.83. The normalized spacial score (nSPS) is 11.3. The van der Waals surface area contributed by atoms with E-state index in [4.69, 9.17) is 11.6 Å². The zero-order valence-corrected chi connectivity index (χ0v) is 12.1. The Morgan fingerprint density at radius 1 is 1.37 bits per heavy atom. The van der Waals surface area contributed by atoms with Crippen molar-refractivity contribution in [1.29, 1.82) is 0 Å². The van der Waals surface area contributed by atoms with Crippen LogP contribution in [0.15, 0.2) is 24.0 Å². The predicted octanol–water partition coefficient (Wildman–Crippen LogP) is 3.03. The summed E-state index contributed by atoms with van der Waals surface area (Å²) in [5.41, 5.74) is 4.81. The van der Waals surface area contributed by atoms with Gasteiger partial charge < -0.3 is 4.57 Å². The van der Waals surface area contributed by atoms with Gasteiger partial charge in [-0.15, -0.1) is 22.9 Å². The van der Waals surface area contributed by atoms with Crippen LogP contribution in [0, 0.1) is 6.92 Å². The Kier molecular flexibility index (Phi) is 3.48. The van der Waals surface area contributed by atoms with Gasteiger partial charge >= 0.3 is 0 Å². The first-order valence-corrected chi connectivity index (χ1v) is 7.44. The summed E-state index contributed by atoms with van der Waals surface area (Å²) in [5.74, 6) is 1.54. The van der Waals surface area contributed by atoms with E-state index in [0.29, 0.717) is 5.88 Å². The first-order valence-electron chi connectivity index (χ1n) is 6.03. The number of nitrogens with zero attached hydrogens (tertiary/aromatic N) is 4. The highest BCUT2D eigenvalue weighted by molar-refractivity contribution is 7.09. The fraction of sp³-hybridized carbons (Fsp3) is 0.308. The Hall–Kier alpha value is -1.46. The number of pyridine rings is 1. The van der Waals surface area contributed by atoms with Crippen LogP contribution in [0.3, 0.4) is 0 Å². The van der Waals surface area contributed by atoms with Crippen molar-refractivity contribution in [2.75, 3.05) is 5.88 Å². The van der Waals surface area contributed by atoms with Gasteiger partial charge in [0.2, 0.25) is 0 Å². The Labute approximate surface area is 120 Å². The molecule has 4 nitrogen and oxygen atoms in total. The lowest BCUT2D eigenvalue weighted by atomic mass is 10.3. The van der Waals surface area contributed by atoms with Crippen LogP contribution in [0.2, 0.25) is 0 Å². The molecule has 0 saturated heterocycles. The Bertz CT molecular complexity index is 690. The molecule has 0 fully saturated rings. The molecule has 0 bridgehead atoms. The first kappa shape index (κ1) is 12.6. The number of aromatic nitrogens is 4. The standard InChI is InChI=1S/C13H13ClN4S/c1-9-4-11-13(16-5-9)18(12(17-11)2-3-14)7-10-6-15-8-19-10/h4-6,8H,2-3,7H2,1H3. The third-order valence-corrected chi connectivity index (χ3v) is 3.87. The van der Waals surface area contributed by atoms with Crippen LogP contribution in [0.4, 0.5) is 0 Å². The largest absolute Gasteiger partial charge is 0.307 e. The number of halogens is 1. The lowest BCUT2D eigenvalue weighted by Crippen LogP contribution is -2.05. The number of fused-ring (bicyclic) bond motifs is 1. The van der Waals surface area contributed by atoms with E-state index in [1.54, 1.807) is 11.3 Å². The summed E-state index contributed by atoms with van der Waals surface area (Å²) in [6.45, 7) is 2.78. The molecule has 3 rings (SSSR count). The smallest absolute Gasteiger partial charge is 0.160 e. The van der Waals surface area contributed by atoms with E-state index in [1.807, 2.05) is 24.8 Å². The van der Waals surface area contributed by atoms with Crippen LogP contribution >= 0.6 is 22.9 Å². The average Bonchev–Trinajstić information content (AvgIpc) is 2.99. The van der Waals surface area contributed by atoms with Gasteiger partial charge in [0.05, 0.1) is 12.1 Å². The number of hydrogen-bond acceptors (Lipinski definition) is 4. The molecule has 6 heteroatoms. The van der Waals surface area contributed by atoms with Gasteiger partial charge in [-0.25, -0.2) is 9.97 Å². The highest BCUT2D eigenvalue weighted by Gasteiger charge is 2.12. The number of rotatable bonds is 4. The summed E-state index contributed by atoms with van der Waals surface area (Å²) < 4.78 is 2.13. The quantitative estimate of drug-likeness (QED) is 0.694. The van der Waals surface area contributed by atoms with E-state index in [2.05, 4.69) is 25.6 Å². The third-order valence-electron chi connectivity index (χ3n) is 2.92. The van der Waals surface area contributed by atoms with Crippen molar-refractivity contribution in [1.82, 2.24) is 19.5 Å². The molecule has 0 atom stereocenters. The molecule has 0 unspecified atom stereocenters. The van der Waals surface area contributed by atoms with Crippen molar-refractivity contribution in [3.63, 3.8) is 0 Å². The summed E-state index contributed by atoms with van der Waals surface area (Å²) in [5, 5.41) is 0. The van der Waals surface area contributed by atoms with Crippen molar-refractivity contribution < 1.29 is 0 Å². The molecule has 0 N–H and O–H groups in total. The number of hydrogen-bond donors (Lipinski definition) is 0. The van der Waals surface area contributed by atoms with Crippen molar-refractivity contribution >= 4 is 34.1 Å². The minimum Gasteiger partial charge on any atom is -0.307 e. The molecule has 0 radical (unpaired) electrons. The lowest BCUT2D eigenvalue weighted by molar-refractivity contribution is 0.755. The molecular weight excluding hydrogens is 280 g/mol. The summed E-state index contributed by atoms with van der Waals surface area (Å²) in [6.07, 6.45) is 4.50. The van der Waals surface area contributed by atoms with Crippen LogP contribution in [0.25, 0.3) is 11.2 Å². The van der Waals surface area contributed by atoms with E-state index in [0.717, 1.165) is 35.5 Å². The molecule has 3 heterocycles. The number of imidazole rings is 1. The second-order valence-corrected chi connectivity index (χ2v) is 5.73. The van der Waals surface area contributed by atoms with Crippen molar-refractivity contribution in [3.05, 3.63) is 40.2 Å². The van der Waals surface area contributed by atoms with Crippen LogP contribution < -0.4 is 0 Å². The summed E-state index contributed by atoms with van der Waals surface area (Å²) in [4.78, 5) is 14.5. The Balaban J connectivity index is 2.10. The minimum atomic E-state index is 0.561. The number of thiazole rings is 1. The van der Waals surface area contributed by atoms with Gasteiger partial charge in [-0.3, -0.25) is 4.98 Å². The molecule has 3 aromatic rings. The SMILES string of the molecule is Cc1cnc2c(c1)nc(CCCl)n2Cc1cncs1. The van der Waals surface area contributed by atoms with E-state index in [1.165, 1.54) is 4.88 Å². The zero-order chi connectivity index (χ0) is 13.2. The molecule has 0 aliphatic rings. The molecule has 98 valence electrons. The van der Waals surface area contributed by atoms with Gasteiger partial charge in [-0.1, -0.05) is 0 Å². The van der Waals surface area contributed by atoms with Gasteiger partial charge in [0.1, 0.15) is 11.3 Å². The molecule has 0 aliphatic carbocycles. The summed E-state index contributed by atoms with van der Waals surface area (Å²) in [6, 6.07) is 2.06. The van der Waals surface area contributed by atoms with Crippen molar-refractivity contribution in [2.24, 2.45) is 0 Å². The maximum Gasteiger partial charge on any atom is 0.160 e. The molecule has 0 amide bonds. The molecule has 0 spiro atoms. The highest BCUT2D eigenvalue weighted by Crippen LogP contribution is 2.19. The highest BCUT2D eigenvalue weighted by atomic mass is 35.5. The Morgan fingerprint density at radius 3 is 3.00 bits per heavy atom. The second kappa shape index (κ2) is 5.27. The Morgan fingerprint density at radius 2 is 2.26 bits per heavy atom. The van der Waals surface area contributed by atoms with Crippen LogP contribution in [-0.2, 0) is 13.0 Å². The van der Waals surface area contributed by atoms with Gasteiger partial charge in [0.25, 0.3) is 0 Å².